The van der Waals surface area contributed by atoms with Gasteiger partial charge in [0, 0.05) is 6.54 Å². The third-order valence-corrected chi connectivity index (χ3v) is 7.25. The number of aliphatic hydroxyl groups excluding tert-OH is 1. The Morgan fingerprint density at radius 3 is 2.35 bits per heavy atom. The summed E-state index contributed by atoms with van der Waals surface area (Å²) in [6.45, 7) is 2.68. The van der Waals surface area contributed by atoms with Gasteiger partial charge in [0.05, 0.1) is 31.6 Å². The summed E-state index contributed by atoms with van der Waals surface area (Å²) in [6, 6.07) is 12.9. The lowest BCUT2D eigenvalue weighted by molar-refractivity contribution is -0.122. The van der Waals surface area contributed by atoms with Crippen LogP contribution in [0.3, 0.4) is 0 Å². The first-order chi connectivity index (χ1) is 16.3. The first kappa shape index (κ1) is 25.4. The van der Waals surface area contributed by atoms with Gasteiger partial charge < -0.3 is 20.9 Å². The molecule has 0 aromatic heterocycles. The van der Waals surface area contributed by atoms with Crippen LogP contribution in [-0.4, -0.2) is 43.4 Å². The molecule has 4 N–H and O–H groups in total. The van der Waals surface area contributed by atoms with E-state index in [0.717, 1.165) is 33.4 Å². The van der Waals surface area contributed by atoms with Gasteiger partial charge in [-0.05, 0) is 48.2 Å². The second-order valence-electron chi connectivity index (χ2n) is 8.12. The Morgan fingerprint density at radius 1 is 1.09 bits per heavy atom. The molecular weight excluding hydrogens is 456 g/mol. The van der Waals surface area contributed by atoms with Gasteiger partial charge >= 0.3 is 10.2 Å². The number of hydrogen-bond acceptors (Lipinski definition) is 6. The minimum Gasteiger partial charge on any atom is -0.497 e. The standard InChI is InChI=1S/C24H32N4O5S/c1-3-4-5-14-26-24(30)22(25)15-18-6-10-20(11-7-18)27-17-23(29)28(34(27,31)32)16-19-8-12-21(33-2)13-9-19/h6-13,17,22,29H,3-5,14-16,25H2,1-2H3,(H,26,30)/t22-/m0/s1. The number of anilines is 1. The number of unbranched alkanes of at least 4 members (excludes halogenated alkanes) is 2. The van der Waals surface area contributed by atoms with Crippen molar-refractivity contribution in [3.05, 3.63) is 71.7 Å². The lowest BCUT2D eigenvalue weighted by Gasteiger charge is -2.22. The number of hydrogen-bond donors (Lipinski definition) is 3. The Hall–Kier alpha value is -3.24. The molecule has 0 saturated heterocycles. The minimum absolute atomic E-state index is 0.0224. The number of aliphatic hydroxyl groups is 1. The Balaban J connectivity index is 1.64. The highest BCUT2D eigenvalue weighted by molar-refractivity contribution is 7.91. The van der Waals surface area contributed by atoms with Crippen molar-refractivity contribution in [2.75, 3.05) is 18.0 Å². The minimum atomic E-state index is -4.00. The monoisotopic (exact) mass is 488 g/mol. The molecule has 10 heteroatoms. The predicted molar refractivity (Wildman–Crippen MR) is 131 cm³/mol. The molecule has 184 valence electrons. The fraction of sp³-hybridized carbons (Fsp3) is 0.375. The maximum Gasteiger partial charge on any atom is 0.333 e. The van der Waals surface area contributed by atoms with E-state index in [1.807, 2.05) is 0 Å². The number of methoxy groups -OCH3 is 1. The van der Waals surface area contributed by atoms with Crippen LogP contribution in [-0.2, 0) is 28.0 Å². The molecule has 1 aliphatic rings. The molecule has 0 spiro atoms. The highest BCUT2D eigenvalue weighted by atomic mass is 32.2. The highest BCUT2D eigenvalue weighted by Crippen LogP contribution is 2.31. The zero-order valence-corrected chi connectivity index (χ0v) is 20.3. The third-order valence-electron chi connectivity index (χ3n) is 5.56. The maximum atomic E-state index is 13.1. The number of amides is 1. The molecule has 2 aromatic rings. The topological polar surface area (TPSA) is 125 Å². The van der Waals surface area contributed by atoms with Gasteiger partial charge in [-0.2, -0.15) is 8.42 Å². The van der Waals surface area contributed by atoms with Crippen molar-refractivity contribution in [3.63, 3.8) is 0 Å². The maximum absolute atomic E-state index is 13.1. The number of benzene rings is 2. The van der Waals surface area contributed by atoms with Crippen molar-refractivity contribution in [1.29, 1.82) is 0 Å². The van der Waals surface area contributed by atoms with Crippen molar-refractivity contribution in [2.24, 2.45) is 5.73 Å². The van der Waals surface area contributed by atoms with Crippen LogP contribution in [0.2, 0.25) is 0 Å². The van der Waals surface area contributed by atoms with E-state index in [4.69, 9.17) is 10.5 Å². The summed E-state index contributed by atoms with van der Waals surface area (Å²) in [6.07, 6.45) is 4.55. The second-order valence-corrected chi connectivity index (χ2v) is 9.85. The third kappa shape index (κ3) is 6.00. The van der Waals surface area contributed by atoms with Crippen molar-refractivity contribution >= 4 is 21.8 Å². The van der Waals surface area contributed by atoms with Crippen molar-refractivity contribution in [2.45, 2.75) is 45.2 Å². The van der Waals surface area contributed by atoms with E-state index in [-0.39, 0.29) is 18.3 Å². The second kappa shape index (κ2) is 11.3. The first-order valence-electron chi connectivity index (χ1n) is 11.2. The summed E-state index contributed by atoms with van der Waals surface area (Å²) in [5.74, 6) is 0.0780. The molecule has 0 radical (unpaired) electrons. The zero-order valence-electron chi connectivity index (χ0n) is 19.5. The van der Waals surface area contributed by atoms with E-state index in [0.29, 0.717) is 30.0 Å². The molecule has 0 fully saturated rings. The van der Waals surface area contributed by atoms with E-state index in [2.05, 4.69) is 12.2 Å². The van der Waals surface area contributed by atoms with E-state index >= 15 is 0 Å². The largest absolute Gasteiger partial charge is 0.497 e. The summed E-state index contributed by atoms with van der Waals surface area (Å²) < 4.78 is 33.2. The summed E-state index contributed by atoms with van der Waals surface area (Å²) in [5, 5.41) is 13.2. The summed E-state index contributed by atoms with van der Waals surface area (Å²) >= 11 is 0. The van der Waals surface area contributed by atoms with Gasteiger partial charge in [-0.25, -0.2) is 8.61 Å². The number of nitrogens with zero attached hydrogens (tertiary/aromatic N) is 2. The van der Waals surface area contributed by atoms with Gasteiger partial charge in [0.25, 0.3) is 0 Å². The molecule has 1 aliphatic heterocycles. The van der Waals surface area contributed by atoms with Gasteiger partial charge in [-0.3, -0.25) is 4.79 Å². The van der Waals surface area contributed by atoms with Crippen LogP contribution in [0.5, 0.6) is 5.75 Å². The Morgan fingerprint density at radius 2 is 1.74 bits per heavy atom. The fourth-order valence-electron chi connectivity index (χ4n) is 3.57. The fourth-order valence-corrected chi connectivity index (χ4v) is 4.99. The molecule has 2 aromatic carbocycles. The molecule has 0 saturated carbocycles. The Labute approximate surface area is 201 Å². The average molecular weight is 489 g/mol. The van der Waals surface area contributed by atoms with E-state index in [9.17, 15) is 18.3 Å². The van der Waals surface area contributed by atoms with Crippen molar-refractivity contribution in [3.8, 4) is 5.75 Å². The number of nitrogens with one attached hydrogen (secondary N) is 1. The van der Waals surface area contributed by atoms with Crippen molar-refractivity contribution < 1.29 is 23.1 Å². The molecule has 1 amide bonds. The SMILES string of the molecule is CCCCCNC(=O)[C@@H](N)Cc1ccc(N2C=C(O)N(Cc3ccc(OC)cc3)S2(=O)=O)cc1. The van der Waals surface area contributed by atoms with Gasteiger partial charge in [0.15, 0.2) is 0 Å². The van der Waals surface area contributed by atoms with Gasteiger partial charge in [-0.15, -0.1) is 0 Å². The quantitative estimate of drug-likeness (QED) is 0.418. The lowest BCUT2D eigenvalue weighted by Crippen LogP contribution is -2.42. The smallest absolute Gasteiger partial charge is 0.333 e. The molecule has 3 rings (SSSR count). The lowest BCUT2D eigenvalue weighted by atomic mass is 10.1. The van der Waals surface area contributed by atoms with E-state index in [1.165, 1.54) is 6.20 Å². The van der Waals surface area contributed by atoms with Crippen LogP contribution in [0.25, 0.3) is 0 Å². The summed E-state index contributed by atoms with van der Waals surface area (Å²) in [4.78, 5) is 12.2. The normalized spacial score (nSPS) is 15.7. The molecule has 0 aliphatic carbocycles. The average Bonchev–Trinajstić information content (AvgIpc) is 3.06. The number of rotatable bonds is 11. The molecule has 0 bridgehead atoms. The molecule has 1 atom stereocenters. The van der Waals surface area contributed by atoms with Gasteiger partial charge in [0.2, 0.25) is 11.8 Å². The van der Waals surface area contributed by atoms with Crippen LogP contribution < -0.4 is 20.1 Å². The van der Waals surface area contributed by atoms with E-state index < -0.39 is 16.3 Å². The highest BCUT2D eigenvalue weighted by Gasteiger charge is 2.37. The Kier molecular flexibility index (Phi) is 8.41. The Bertz CT molecular complexity index is 1100. The number of nitrogens with two attached hydrogens (primary N) is 1. The first-order valence-corrected chi connectivity index (χ1v) is 12.6. The molecule has 1 heterocycles. The number of carbonyl (C=O) groups excluding carboxylic acids is 1. The van der Waals surface area contributed by atoms with Crippen LogP contribution >= 0.6 is 0 Å². The number of ether oxygens (including phenoxy) is 1. The van der Waals surface area contributed by atoms with Crippen LogP contribution in [0.4, 0.5) is 5.69 Å². The molecule has 0 unspecified atom stereocenters. The van der Waals surface area contributed by atoms with Crippen molar-refractivity contribution in [1.82, 2.24) is 9.62 Å². The van der Waals surface area contributed by atoms with E-state index in [1.54, 1.807) is 55.6 Å². The predicted octanol–water partition coefficient (Wildman–Crippen LogP) is 2.80. The molecular formula is C24H32N4O5S. The summed E-state index contributed by atoms with van der Waals surface area (Å²) in [7, 11) is -2.45. The summed E-state index contributed by atoms with van der Waals surface area (Å²) in [5.41, 5.74) is 7.89. The van der Waals surface area contributed by atoms with Crippen LogP contribution in [0, 0.1) is 0 Å². The van der Waals surface area contributed by atoms with Gasteiger partial charge in [-0.1, -0.05) is 44.0 Å². The number of carbonyl (C=O) groups is 1. The zero-order chi connectivity index (χ0) is 24.7. The molecule has 34 heavy (non-hydrogen) atoms. The van der Waals surface area contributed by atoms with Gasteiger partial charge in [0.1, 0.15) is 5.75 Å². The molecule has 9 nitrogen and oxygen atoms in total. The van der Waals surface area contributed by atoms with Crippen LogP contribution in [0.1, 0.15) is 37.3 Å². The van der Waals surface area contributed by atoms with Crippen LogP contribution in [0.15, 0.2) is 60.6 Å².